The predicted molar refractivity (Wildman–Crippen MR) is 75.1 cm³/mol. The van der Waals surface area contributed by atoms with Crippen LogP contribution < -0.4 is 4.74 Å². The quantitative estimate of drug-likeness (QED) is 0.542. The smallest absolute Gasteiger partial charge is 0.320 e. The SMILES string of the molecule is C=CCN(CC(=O)OCC)Cc1cccc(OC)c1F. The molecule has 0 aliphatic carbocycles. The maximum atomic E-state index is 14.1. The maximum absolute atomic E-state index is 14.1. The summed E-state index contributed by atoms with van der Waals surface area (Å²) in [6.07, 6.45) is 1.66. The van der Waals surface area contributed by atoms with Crippen molar-refractivity contribution in [3.8, 4) is 5.75 Å². The van der Waals surface area contributed by atoms with Gasteiger partial charge in [-0.15, -0.1) is 6.58 Å². The molecular weight excluding hydrogens is 261 g/mol. The van der Waals surface area contributed by atoms with Crippen molar-refractivity contribution in [2.45, 2.75) is 13.5 Å². The summed E-state index contributed by atoms with van der Waals surface area (Å²) in [6, 6.07) is 4.94. The van der Waals surface area contributed by atoms with Gasteiger partial charge in [-0.05, 0) is 13.0 Å². The number of ether oxygens (including phenoxy) is 2. The maximum Gasteiger partial charge on any atom is 0.320 e. The van der Waals surface area contributed by atoms with Crippen LogP contribution in [0.3, 0.4) is 0 Å². The van der Waals surface area contributed by atoms with Gasteiger partial charge in [0.15, 0.2) is 11.6 Å². The van der Waals surface area contributed by atoms with E-state index in [2.05, 4.69) is 6.58 Å². The Bertz CT molecular complexity index is 462. The van der Waals surface area contributed by atoms with Gasteiger partial charge in [-0.3, -0.25) is 9.69 Å². The van der Waals surface area contributed by atoms with Gasteiger partial charge >= 0.3 is 5.97 Å². The number of nitrogens with zero attached hydrogens (tertiary/aromatic N) is 1. The first-order valence-electron chi connectivity index (χ1n) is 6.42. The van der Waals surface area contributed by atoms with Crippen molar-refractivity contribution in [3.63, 3.8) is 0 Å². The molecule has 0 fully saturated rings. The fourth-order valence-corrected chi connectivity index (χ4v) is 1.83. The second-order valence-corrected chi connectivity index (χ2v) is 4.20. The van der Waals surface area contributed by atoms with Gasteiger partial charge in [-0.1, -0.05) is 18.2 Å². The first-order valence-corrected chi connectivity index (χ1v) is 6.42. The highest BCUT2D eigenvalue weighted by molar-refractivity contribution is 5.71. The lowest BCUT2D eigenvalue weighted by molar-refractivity contribution is -0.144. The lowest BCUT2D eigenvalue weighted by atomic mass is 10.2. The number of esters is 1. The third kappa shape index (κ3) is 4.66. The van der Waals surface area contributed by atoms with Crippen LogP contribution in [0.4, 0.5) is 4.39 Å². The van der Waals surface area contributed by atoms with Gasteiger partial charge in [0.25, 0.3) is 0 Å². The Labute approximate surface area is 118 Å². The summed E-state index contributed by atoms with van der Waals surface area (Å²) in [7, 11) is 1.42. The van der Waals surface area contributed by atoms with E-state index in [0.29, 0.717) is 18.7 Å². The van der Waals surface area contributed by atoms with Gasteiger partial charge in [0.2, 0.25) is 0 Å². The first-order chi connectivity index (χ1) is 9.62. The lowest BCUT2D eigenvalue weighted by Crippen LogP contribution is -2.31. The fourth-order valence-electron chi connectivity index (χ4n) is 1.83. The number of methoxy groups -OCH3 is 1. The molecule has 0 heterocycles. The van der Waals surface area contributed by atoms with Crippen LogP contribution in [0.2, 0.25) is 0 Å². The number of benzene rings is 1. The Morgan fingerprint density at radius 1 is 1.50 bits per heavy atom. The molecule has 0 saturated heterocycles. The molecule has 0 atom stereocenters. The third-order valence-electron chi connectivity index (χ3n) is 2.70. The molecule has 1 rings (SSSR count). The van der Waals surface area contributed by atoms with Crippen molar-refractivity contribution in [1.29, 1.82) is 0 Å². The molecule has 0 aliphatic rings. The Morgan fingerprint density at radius 3 is 2.85 bits per heavy atom. The molecule has 0 radical (unpaired) electrons. The molecule has 1 aromatic rings. The van der Waals surface area contributed by atoms with Crippen LogP contribution in [0, 0.1) is 5.82 Å². The van der Waals surface area contributed by atoms with E-state index < -0.39 is 5.82 Å². The molecule has 0 unspecified atom stereocenters. The van der Waals surface area contributed by atoms with Crippen LogP contribution in [0.5, 0.6) is 5.75 Å². The Kier molecular flexibility index (Phi) is 6.73. The van der Waals surface area contributed by atoms with E-state index in [0.717, 1.165) is 0 Å². The molecule has 5 heteroatoms. The Morgan fingerprint density at radius 2 is 2.25 bits per heavy atom. The summed E-state index contributed by atoms with van der Waals surface area (Å²) in [6.45, 7) is 6.56. The molecule has 110 valence electrons. The zero-order valence-electron chi connectivity index (χ0n) is 11.9. The molecule has 0 aliphatic heterocycles. The van der Waals surface area contributed by atoms with Crippen molar-refractivity contribution in [1.82, 2.24) is 4.90 Å². The van der Waals surface area contributed by atoms with Gasteiger partial charge in [0, 0.05) is 18.7 Å². The monoisotopic (exact) mass is 281 g/mol. The zero-order chi connectivity index (χ0) is 15.0. The summed E-state index contributed by atoms with van der Waals surface area (Å²) >= 11 is 0. The molecule has 0 amide bonds. The van der Waals surface area contributed by atoms with Crippen LogP contribution in [0.1, 0.15) is 12.5 Å². The van der Waals surface area contributed by atoms with Crippen LogP contribution in [0.15, 0.2) is 30.9 Å². The number of hydrogen-bond acceptors (Lipinski definition) is 4. The van der Waals surface area contributed by atoms with Gasteiger partial charge < -0.3 is 9.47 Å². The number of carbonyl (C=O) groups excluding carboxylic acids is 1. The number of hydrogen-bond donors (Lipinski definition) is 0. The summed E-state index contributed by atoms with van der Waals surface area (Å²) in [5.41, 5.74) is 0.468. The highest BCUT2D eigenvalue weighted by Gasteiger charge is 2.15. The van der Waals surface area contributed by atoms with Crippen molar-refractivity contribution < 1.29 is 18.7 Å². The molecule has 0 saturated carbocycles. The second-order valence-electron chi connectivity index (χ2n) is 4.20. The standard InChI is InChI=1S/C15H20FNO3/c1-4-9-17(11-14(18)20-5-2)10-12-7-6-8-13(19-3)15(12)16/h4,6-8H,1,5,9-11H2,2-3H3. The normalized spacial score (nSPS) is 10.4. The van der Waals surface area contributed by atoms with Gasteiger partial charge in [0.05, 0.1) is 20.3 Å². The molecule has 0 bridgehead atoms. The molecule has 0 aromatic heterocycles. The topological polar surface area (TPSA) is 38.8 Å². The minimum Gasteiger partial charge on any atom is -0.494 e. The average molecular weight is 281 g/mol. The zero-order valence-corrected chi connectivity index (χ0v) is 11.9. The fraction of sp³-hybridized carbons (Fsp3) is 0.400. The van der Waals surface area contributed by atoms with E-state index in [1.165, 1.54) is 7.11 Å². The van der Waals surface area contributed by atoms with Crippen LogP contribution in [-0.2, 0) is 16.1 Å². The van der Waals surface area contributed by atoms with E-state index in [9.17, 15) is 9.18 Å². The largest absolute Gasteiger partial charge is 0.494 e. The van der Waals surface area contributed by atoms with Crippen LogP contribution >= 0.6 is 0 Å². The minimum atomic E-state index is -0.409. The van der Waals surface area contributed by atoms with Gasteiger partial charge in [-0.2, -0.15) is 0 Å². The number of rotatable bonds is 8. The predicted octanol–water partition coefficient (Wildman–Crippen LogP) is 2.39. The van der Waals surface area contributed by atoms with E-state index in [1.807, 2.05) is 0 Å². The lowest BCUT2D eigenvalue weighted by Gasteiger charge is -2.20. The van der Waals surface area contributed by atoms with E-state index in [-0.39, 0.29) is 24.8 Å². The van der Waals surface area contributed by atoms with Crippen LogP contribution in [0.25, 0.3) is 0 Å². The molecule has 20 heavy (non-hydrogen) atoms. The summed E-state index contributed by atoms with van der Waals surface area (Å²) in [4.78, 5) is 13.3. The van der Waals surface area contributed by atoms with Gasteiger partial charge in [0.1, 0.15) is 0 Å². The number of carbonyl (C=O) groups is 1. The van der Waals surface area contributed by atoms with Crippen molar-refractivity contribution in [2.24, 2.45) is 0 Å². The highest BCUT2D eigenvalue weighted by atomic mass is 19.1. The van der Waals surface area contributed by atoms with Gasteiger partial charge in [-0.25, -0.2) is 4.39 Å². The van der Waals surface area contributed by atoms with E-state index in [4.69, 9.17) is 9.47 Å². The summed E-state index contributed by atoms with van der Waals surface area (Å²) in [5.74, 6) is -0.553. The average Bonchev–Trinajstić information content (AvgIpc) is 2.41. The Balaban J connectivity index is 2.79. The molecule has 0 spiro atoms. The van der Waals surface area contributed by atoms with Crippen LogP contribution in [-0.4, -0.2) is 37.7 Å². The molecule has 4 nitrogen and oxygen atoms in total. The summed E-state index contributed by atoms with van der Waals surface area (Å²) < 4.78 is 23.9. The first kappa shape index (κ1) is 16.2. The second kappa shape index (κ2) is 8.32. The molecule has 1 aromatic carbocycles. The third-order valence-corrected chi connectivity index (χ3v) is 2.70. The highest BCUT2D eigenvalue weighted by Crippen LogP contribution is 2.21. The van der Waals surface area contributed by atoms with Crippen molar-refractivity contribution in [2.75, 3.05) is 26.8 Å². The Hall–Kier alpha value is -1.88. The van der Waals surface area contributed by atoms with Crippen molar-refractivity contribution >= 4 is 5.97 Å². The van der Waals surface area contributed by atoms with E-state index >= 15 is 0 Å². The van der Waals surface area contributed by atoms with Crippen molar-refractivity contribution in [3.05, 3.63) is 42.2 Å². The summed E-state index contributed by atoms with van der Waals surface area (Å²) in [5, 5.41) is 0. The van der Waals surface area contributed by atoms with E-state index in [1.54, 1.807) is 36.1 Å². The number of halogens is 1. The molecule has 0 N–H and O–H groups in total. The minimum absolute atomic E-state index is 0.0938. The molecular formula is C15H20FNO3.